The summed E-state index contributed by atoms with van der Waals surface area (Å²) in [7, 11) is 0. The van der Waals surface area contributed by atoms with Gasteiger partial charge in [0.15, 0.2) is 0 Å². The third-order valence-electron chi connectivity index (χ3n) is 5.04. The summed E-state index contributed by atoms with van der Waals surface area (Å²) in [6.45, 7) is 4.30. The van der Waals surface area contributed by atoms with Crippen molar-refractivity contribution in [1.82, 2.24) is 9.80 Å². The molecule has 1 unspecified atom stereocenters. The molecule has 0 radical (unpaired) electrons. The zero-order chi connectivity index (χ0) is 16.4. The highest BCUT2D eigenvalue weighted by atomic mass is 35.5. The maximum atomic E-state index is 13.0. The lowest BCUT2D eigenvalue weighted by molar-refractivity contribution is -0.139. The first-order chi connectivity index (χ1) is 11.1. The third kappa shape index (κ3) is 5.55. The molecule has 0 bridgehead atoms. The monoisotopic (exact) mass is 392 g/mol. The molecule has 2 aliphatic rings. The van der Waals surface area contributed by atoms with Gasteiger partial charge in [0.1, 0.15) is 6.67 Å². The Balaban J connectivity index is 0.00000156. The molecule has 7 heteroatoms. The largest absolute Gasteiger partial charge is 0.480 e. The predicted octanol–water partition coefficient (Wildman–Crippen LogP) is 3.54. The fourth-order valence-corrected chi connectivity index (χ4v) is 3.74. The molecule has 1 heterocycles. The fourth-order valence-electron chi connectivity index (χ4n) is 3.74. The van der Waals surface area contributed by atoms with Crippen LogP contribution in [0.15, 0.2) is 24.3 Å². The zero-order valence-corrected chi connectivity index (χ0v) is 16.1. The maximum Gasteiger partial charge on any atom is 0.317 e. The number of alkyl halides is 1. The van der Waals surface area contributed by atoms with Crippen molar-refractivity contribution in [1.29, 1.82) is 0 Å². The molecule has 1 aliphatic heterocycles. The highest BCUT2D eigenvalue weighted by Crippen LogP contribution is 2.45. The van der Waals surface area contributed by atoms with Crippen molar-refractivity contribution in [3.8, 4) is 0 Å². The normalized spacial score (nSPS) is 22.6. The minimum absolute atomic E-state index is 0. The summed E-state index contributed by atoms with van der Waals surface area (Å²) in [5, 5.41) is 9.00. The number of carboxylic acids is 1. The number of aliphatic carboxylic acids is 1. The summed E-state index contributed by atoms with van der Waals surface area (Å²) in [6.07, 6.45) is 2.46. The van der Waals surface area contributed by atoms with Gasteiger partial charge < -0.3 is 5.11 Å². The van der Waals surface area contributed by atoms with Crippen LogP contribution in [0.25, 0.3) is 0 Å². The first-order valence-electron chi connectivity index (χ1n) is 8.43. The Labute approximate surface area is 161 Å². The average molecular weight is 393 g/mol. The summed E-state index contributed by atoms with van der Waals surface area (Å²) in [5.41, 5.74) is 1.95. The van der Waals surface area contributed by atoms with Crippen LogP contribution in [0.5, 0.6) is 0 Å². The van der Waals surface area contributed by atoms with E-state index in [1.807, 2.05) is 23.1 Å². The number of benzene rings is 1. The van der Waals surface area contributed by atoms with E-state index in [1.165, 1.54) is 18.4 Å². The van der Waals surface area contributed by atoms with Crippen molar-refractivity contribution < 1.29 is 14.3 Å². The molecule has 1 aromatic rings. The van der Waals surface area contributed by atoms with Crippen molar-refractivity contribution in [2.24, 2.45) is 5.92 Å². The molecular formula is C18H27Cl2FN2O2. The minimum Gasteiger partial charge on any atom is -0.480 e. The first-order valence-corrected chi connectivity index (χ1v) is 8.43. The lowest BCUT2D eigenvalue weighted by Crippen LogP contribution is -2.54. The van der Waals surface area contributed by atoms with E-state index in [0.717, 1.165) is 25.2 Å². The van der Waals surface area contributed by atoms with Crippen LogP contribution in [0.1, 0.15) is 36.9 Å². The number of halogens is 3. The van der Waals surface area contributed by atoms with Crippen molar-refractivity contribution in [3.63, 3.8) is 0 Å². The van der Waals surface area contributed by atoms with Crippen LogP contribution < -0.4 is 0 Å². The molecule has 2 fully saturated rings. The predicted molar refractivity (Wildman–Crippen MR) is 101 cm³/mol. The summed E-state index contributed by atoms with van der Waals surface area (Å²) in [6, 6.07) is 8.46. The summed E-state index contributed by atoms with van der Waals surface area (Å²) in [4.78, 5) is 15.4. The molecular weight excluding hydrogens is 366 g/mol. The quantitative estimate of drug-likeness (QED) is 0.803. The number of carboxylic acid groups (broad SMARTS) is 1. The summed E-state index contributed by atoms with van der Waals surface area (Å²) < 4.78 is 13.0. The topological polar surface area (TPSA) is 43.8 Å². The Morgan fingerprint density at radius 1 is 1.32 bits per heavy atom. The van der Waals surface area contributed by atoms with E-state index in [4.69, 9.17) is 5.11 Å². The molecule has 0 aromatic heterocycles. The highest BCUT2D eigenvalue weighted by Gasteiger charge is 2.39. The van der Waals surface area contributed by atoms with E-state index in [-0.39, 0.29) is 37.4 Å². The van der Waals surface area contributed by atoms with Crippen LogP contribution in [0, 0.1) is 5.92 Å². The maximum absolute atomic E-state index is 13.0. The molecule has 0 amide bonds. The molecule has 2 atom stereocenters. The van der Waals surface area contributed by atoms with Gasteiger partial charge in [0, 0.05) is 31.7 Å². The Kier molecular flexibility index (Phi) is 8.61. The third-order valence-corrected chi connectivity index (χ3v) is 5.04. The van der Waals surface area contributed by atoms with E-state index in [0.29, 0.717) is 12.0 Å². The van der Waals surface area contributed by atoms with Crippen molar-refractivity contribution in [2.75, 3.05) is 26.2 Å². The van der Waals surface area contributed by atoms with Gasteiger partial charge in [-0.1, -0.05) is 24.3 Å². The van der Waals surface area contributed by atoms with Gasteiger partial charge in [-0.3, -0.25) is 14.6 Å². The number of carbonyl (C=O) groups is 1. The molecule has 0 spiro atoms. The molecule has 1 aliphatic carbocycles. The molecule has 4 nitrogen and oxygen atoms in total. The Bertz CT molecular complexity index is 572. The van der Waals surface area contributed by atoms with Crippen LogP contribution in [0.4, 0.5) is 4.39 Å². The number of rotatable bonds is 6. The van der Waals surface area contributed by atoms with Crippen molar-refractivity contribution in [2.45, 2.75) is 38.5 Å². The van der Waals surface area contributed by atoms with Gasteiger partial charge >= 0.3 is 5.97 Å². The van der Waals surface area contributed by atoms with Gasteiger partial charge in [0.2, 0.25) is 0 Å². The second-order valence-corrected chi connectivity index (χ2v) is 6.87. The standard InChI is InChI=1S/C18H25FN2O2.2ClH/c1-13-11-21(8-7-20(13)12-17(22)23)18(15-5-6-15)16-4-2-3-14(9-16)10-19;;/h2-4,9,13,15,18H,5-8,10-12H2,1H3,(H,22,23);2*1H/t13?,18-;;/m1../s1. The Hall–Kier alpha value is -0.880. The zero-order valence-electron chi connectivity index (χ0n) is 14.4. The lowest BCUT2D eigenvalue weighted by atomic mass is 9.97. The number of hydrogen-bond donors (Lipinski definition) is 1. The fraction of sp³-hybridized carbons (Fsp3) is 0.611. The Morgan fingerprint density at radius 3 is 2.60 bits per heavy atom. The molecule has 3 rings (SSSR count). The number of piperazine rings is 1. The smallest absolute Gasteiger partial charge is 0.317 e. The molecule has 1 saturated heterocycles. The average Bonchev–Trinajstić information content (AvgIpc) is 3.35. The Morgan fingerprint density at radius 2 is 2.04 bits per heavy atom. The van der Waals surface area contributed by atoms with Crippen molar-refractivity contribution >= 4 is 30.8 Å². The van der Waals surface area contributed by atoms with E-state index in [1.54, 1.807) is 0 Å². The van der Waals surface area contributed by atoms with Crippen LogP contribution in [0.3, 0.4) is 0 Å². The number of nitrogens with zero attached hydrogens (tertiary/aromatic N) is 2. The second-order valence-electron chi connectivity index (χ2n) is 6.87. The van der Waals surface area contributed by atoms with Crippen LogP contribution in [-0.4, -0.2) is 53.1 Å². The van der Waals surface area contributed by atoms with E-state index in [9.17, 15) is 9.18 Å². The van der Waals surface area contributed by atoms with E-state index in [2.05, 4.69) is 17.9 Å². The minimum atomic E-state index is -0.764. The lowest BCUT2D eigenvalue weighted by Gasteiger charge is -2.43. The molecule has 25 heavy (non-hydrogen) atoms. The molecule has 142 valence electrons. The van der Waals surface area contributed by atoms with Crippen LogP contribution in [-0.2, 0) is 11.5 Å². The number of hydrogen-bond acceptors (Lipinski definition) is 3. The first kappa shape index (κ1) is 22.2. The van der Waals surface area contributed by atoms with Crippen molar-refractivity contribution in [3.05, 3.63) is 35.4 Å². The summed E-state index contributed by atoms with van der Waals surface area (Å²) in [5.74, 6) is -0.109. The highest BCUT2D eigenvalue weighted by molar-refractivity contribution is 5.85. The van der Waals surface area contributed by atoms with Gasteiger partial charge in [0.25, 0.3) is 0 Å². The summed E-state index contributed by atoms with van der Waals surface area (Å²) >= 11 is 0. The van der Waals surface area contributed by atoms with E-state index < -0.39 is 12.6 Å². The van der Waals surface area contributed by atoms with Gasteiger partial charge in [-0.15, -0.1) is 24.8 Å². The molecule has 1 saturated carbocycles. The SMILES string of the molecule is CC1CN([C@@H](c2cccc(CF)c2)C2CC2)CCN1CC(=O)O.Cl.Cl. The second kappa shape index (κ2) is 9.72. The molecule has 1 aromatic carbocycles. The van der Waals surface area contributed by atoms with Crippen LogP contribution in [0.2, 0.25) is 0 Å². The van der Waals surface area contributed by atoms with Gasteiger partial charge in [-0.2, -0.15) is 0 Å². The van der Waals surface area contributed by atoms with E-state index >= 15 is 0 Å². The molecule has 1 N–H and O–H groups in total. The van der Waals surface area contributed by atoms with Gasteiger partial charge in [-0.25, -0.2) is 4.39 Å². The van der Waals surface area contributed by atoms with Gasteiger partial charge in [-0.05, 0) is 36.8 Å². The van der Waals surface area contributed by atoms with Crippen LogP contribution >= 0.6 is 24.8 Å². The van der Waals surface area contributed by atoms with Gasteiger partial charge in [0.05, 0.1) is 6.54 Å².